The van der Waals surface area contributed by atoms with Crippen LogP contribution in [0.25, 0.3) is 0 Å². The van der Waals surface area contributed by atoms with Gasteiger partial charge in [0.05, 0.1) is 0 Å². The first kappa shape index (κ1) is 18.1. The Morgan fingerprint density at radius 1 is 1.48 bits per heavy atom. The number of carbonyl (C=O) groups is 1. The Bertz CT molecular complexity index is 581. The molecule has 0 bridgehead atoms. The molecule has 1 aromatic rings. The second-order valence-corrected chi connectivity index (χ2v) is 7.37. The summed E-state index contributed by atoms with van der Waals surface area (Å²) in [4.78, 5) is 11.2. The molecule has 21 heavy (non-hydrogen) atoms. The molecule has 1 unspecified atom stereocenters. The van der Waals surface area contributed by atoms with Crippen LogP contribution in [0.4, 0.5) is 0 Å². The third-order valence-electron chi connectivity index (χ3n) is 3.05. The van der Waals surface area contributed by atoms with Crippen LogP contribution in [-0.2, 0) is 16.6 Å². The predicted molar refractivity (Wildman–Crippen MR) is 84.5 cm³/mol. The van der Waals surface area contributed by atoms with Gasteiger partial charge in [-0.3, -0.25) is 0 Å². The first-order chi connectivity index (χ1) is 9.85. The number of sulfonamides is 1. The number of rotatable bonds is 9. The van der Waals surface area contributed by atoms with Crippen LogP contribution in [0.15, 0.2) is 17.2 Å². The SMILES string of the molecule is CCCn1cc(S(=O)(=O)NC(CC)CSC)cc1C(=O)O. The summed E-state index contributed by atoms with van der Waals surface area (Å²) in [7, 11) is -3.69. The van der Waals surface area contributed by atoms with Crippen molar-refractivity contribution in [2.24, 2.45) is 0 Å². The van der Waals surface area contributed by atoms with E-state index < -0.39 is 16.0 Å². The Morgan fingerprint density at radius 2 is 2.14 bits per heavy atom. The van der Waals surface area contributed by atoms with E-state index in [4.69, 9.17) is 5.11 Å². The number of nitrogens with zero attached hydrogens (tertiary/aromatic N) is 1. The molecule has 1 atom stereocenters. The van der Waals surface area contributed by atoms with Crippen LogP contribution >= 0.6 is 11.8 Å². The lowest BCUT2D eigenvalue weighted by Crippen LogP contribution is -2.35. The number of nitrogens with one attached hydrogen (secondary N) is 1. The minimum atomic E-state index is -3.69. The molecule has 120 valence electrons. The van der Waals surface area contributed by atoms with Crippen molar-refractivity contribution in [3.8, 4) is 0 Å². The third-order valence-corrected chi connectivity index (χ3v) is 5.27. The van der Waals surface area contributed by atoms with E-state index in [2.05, 4.69) is 4.72 Å². The van der Waals surface area contributed by atoms with E-state index in [9.17, 15) is 13.2 Å². The lowest BCUT2D eigenvalue weighted by Gasteiger charge is -2.15. The van der Waals surface area contributed by atoms with Crippen LogP contribution in [0.1, 0.15) is 37.2 Å². The normalized spacial score (nSPS) is 13.3. The van der Waals surface area contributed by atoms with E-state index in [1.54, 1.807) is 11.8 Å². The lowest BCUT2D eigenvalue weighted by molar-refractivity contribution is 0.0685. The number of carboxylic acid groups (broad SMARTS) is 1. The van der Waals surface area contributed by atoms with Gasteiger partial charge in [-0.15, -0.1) is 0 Å². The highest BCUT2D eigenvalue weighted by atomic mass is 32.2. The molecule has 0 fully saturated rings. The summed E-state index contributed by atoms with van der Waals surface area (Å²) in [5.41, 5.74) is -0.00450. The Labute approximate surface area is 130 Å². The first-order valence-corrected chi connectivity index (χ1v) is 9.68. The van der Waals surface area contributed by atoms with Gasteiger partial charge >= 0.3 is 5.97 Å². The number of hydrogen-bond acceptors (Lipinski definition) is 4. The smallest absolute Gasteiger partial charge is 0.352 e. The maximum atomic E-state index is 12.3. The van der Waals surface area contributed by atoms with Crippen molar-refractivity contribution in [2.75, 3.05) is 12.0 Å². The summed E-state index contributed by atoms with van der Waals surface area (Å²) in [6, 6.07) is 1.05. The lowest BCUT2D eigenvalue weighted by atomic mass is 10.3. The van der Waals surface area contributed by atoms with Gasteiger partial charge in [0.2, 0.25) is 10.0 Å². The fraction of sp³-hybridized carbons (Fsp3) is 0.615. The molecule has 2 N–H and O–H groups in total. The standard InChI is InChI=1S/C13H22N2O4S2/c1-4-6-15-8-11(7-12(15)13(16)17)21(18,19)14-10(5-2)9-20-3/h7-8,10,14H,4-6,9H2,1-3H3,(H,16,17). The topological polar surface area (TPSA) is 88.4 Å². The Hall–Kier alpha value is -0.990. The number of aromatic carboxylic acids is 1. The van der Waals surface area contributed by atoms with Gasteiger partial charge in [0.15, 0.2) is 0 Å². The molecule has 0 amide bonds. The molecule has 0 aliphatic heterocycles. The molecule has 1 aromatic heterocycles. The van der Waals surface area contributed by atoms with E-state index >= 15 is 0 Å². The molecule has 6 nitrogen and oxygen atoms in total. The van der Waals surface area contributed by atoms with Crippen molar-refractivity contribution in [1.82, 2.24) is 9.29 Å². The van der Waals surface area contributed by atoms with Gasteiger partial charge in [-0.25, -0.2) is 17.9 Å². The number of carboxylic acids is 1. The highest BCUT2D eigenvalue weighted by Gasteiger charge is 2.23. The van der Waals surface area contributed by atoms with E-state index in [-0.39, 0.29) is 16.6 Å². The highest BCUT2D eigenvalue weighted by molar-refractivity contribution is 7.98. The van der Waals surface area contributed by atoms with Crippen LogP contribution in [0.5, 0.6) is 0 Å². The molecular weight excluding hydrogens is 312 g/mol. The second-order valence-electron chi connectivity index (χ2n) is 4.74. The van der Waals surface area contributed by atoms with Gasteiger partial charge in [0.25, 0.3) is 0 Å². The minimum Gasteiger partial charge on any atom is -0.477 e. The summed E-state index contributed by atoms with van der Waals surface area (Å²) < 4.78 is 28.8. The monoisotopic (exact) mass is 334 g/mol. The van der Waals surface area contributed by atoms with Gasteiger partial charge in [0, 0.05) is 24.5 Å². The number of thioether (sulfide) groups is 1. The number of hydrogen-bond donors (Lipinski definition) is 2. The van der Waals surface area contributed by atoms with E-state index in [1.165, 1.54) is 16.8 Å². The average Bonchev–Trinajstić information content (AvgIpc) is 2.83. The van der Waals surface area contributed by atoms with Crippen molar-refractivity contribution >= 4 is 27.8 Å². The summed E-state index contributed by atoms with van der Waals surface area (Å²) in [5.74, 6) is -0.446. The van der Waals surface area contributed by atoms with Crippen LogP contribution in [0, 0.1) is 0 Å². The zero-order valence-corrected chi connectivity index (χ0v) is 14.1. The molecule has 8 heteroatoms. The minimum absolute atomic E-state index is 0.00450. The molecule has 0 radical (unpaired) electrons. The fourth-order valence-electron chi connectivity index (χ4n) is 1.96. The maximum absolute atomic E-state index is 12.3. The van der Waals surface area contributed by atoms with Crippen LogP contribution in [0.3, 0.4) is 0 Å². The van der Waals surface area contributed by atoms with Crippen molar-refractivity contribution in [1.29, 1.82) is 0 Å². The summed E-state index contributed by atoms with van der Waals surface area (Å²) >= 11 is 1.57. The van der Waals surface area contributed by atoms with Crippen LogP contribution in [-0.4, -0.2) is 42.1 Å². The average molecular weight is 334 g/mol. The third kappa shape index (κ3) is 4.76. The zero-order chi connectivity index (χ0) is 16.0. The van der Waals surface area contributed by atoms with Gasteiger partial charge in [-0.2, -0.15) is 11.8 Å². The predicted octanol–water partition coefficient (Wildman–Crippen LogP) is 2.02. The molecule has 0 saturated heterocycles. The quantitative estimate of drug-likeness (QED) is 0.721. The molecular formula is C13H22N2O4S2. The molecule has 0 aromatic carbocycles. The summed E-state index contributed by atoms with van der Waals surface area (Å²) in [6.07, 6.45) is 4.71. The number of aryl methyl sites for hydroxylation is 1. The van der Waals surface area contributed by atoms with Crippen molar-refractivity contribution in [2.45, 2.75) is 44.2 Å². The van der Waals surface area contributed by atoms with Gasteiger partial charge < -0.3 is 9.67 Å². The molecule has 0 saturated carbocycles. The second kappa shape index (κ2) is 7.86. The van der Waals surface area contributed by atoms with Crippen LogP contribution in [0.2, 0.25) is 0 Å². The molecule has 1 heterocycles. The molecule has 0 aliphatic carbocycles. The molecule has 0 aliphatic rings. The van der Waals surface area contributed by atoms with Gasteiger partial charge in [-0.05, 0) is 25.2 Å². The molecule has 1 rings (SSSR count). The van der Waals surface area contributed by atoms with Crippen molar-refractivity contribution in [3.63, 3.8) is 0 Å². The van der Waals surface area contributed by atoms with E-state index in [0.29, 0.717) is 18.7 Å². The van der Waals surface area contributed by atoms with Gasteiger partial charge in [0.1, 0.15) is 10.6 Å². The Balaban J connectivity index is 3.08. The highest BCUT2D eigenvalue weighted by Crippen LogP contribution is 2.16. The van der Waals surface area contributed by atoms with Gasteiger partial charge in [-0.1, -0.05) is 13.8 Å². The van der Waals surface area contributed by atoms with E-state index in [1.807, 2.05) is 20.1 Å². The van der Waals surface area contributed by atoms with Crippen LogP contribution < -0.4 is 4.72 Å². The Kier molecular flexibility index (Phi) is 6.76. The summed E-state index contributed by atoms with van der Waals surface area (Å²) in [6.45, 7) is 4.29. The summed E-state index contributed by atoms with van der Waals surface area (Å²) in [5, 5.41) is 9.14. The maximum Gasteiger partial charge on any atom is 0.352 e. The zero-order valence-electron chi connectivity index (χ0n) is 12.5. The van der Waals surface area contributed by atoms with Crippen molar-refractivity contribution in [3.05, 3.63) is 18.0 Å². The largest absolute Gasteiger partial charge is 0.477 e. The Morgan fingerprint density at radius 3 is 2.62 bits per heavy atom. The van der Waals surface area contributed by atoms with Crippen molar-refractivity contribution < 1.29 is 18.3 Å². The van der Waals surface area contributed by atoms with E-state index in [0.717, 1.165) is 6.42 Å². The first-order valence-electron chi connectivity index (χ1n) is 6.80. The number of aromatic nitrogens is 1. The molecule has 0 spiro atoms. The fourth-order valence-corrected chi connectivity index (χ4v) is 4.14.